The molecule has 4 heterocycles. The first-order chi connectivity index (χ1) is 16.1. The van der Waals surface area contributed by atoms with Gasteiger partial charge in [-0.15, -0.1) is 0 Å². The smallest absolute Gasteiger partial charge is 0.340 e. The van der Waals surface area contributed by atoms with E-state index >= 15 is 0 Å². The lowest BCUT2D eigenvalue weighted by atomic mass is 9.88. The van der Waals surface area contributed by atoms with Crippen LogP contribution in [0.15, 0.2) is 30.6 Å². The second-order valence-electron chi connectivity index (χ2n) is 10.1. The molecule has 1 saturated carbocycles. The molecule has 0 bridgehead atoms. The summed E-state index contributed by atoms with van der Waals surface area (Å²) in [4.78, 5) is 26.2. The van der Waals surface area contributed by atoms with Crippen LogP contribution >= 0.6 is 0 Å². The number of carbonyl (C=O) groups excluding carboxylic acids is 1. The van der Waals surface area contributed by atoms with E-state index in [1.807, 2.05) is 33.0 Å². The molecule has 3 atom stereocenters. The molecule has 8 nitrogen and oxygen atoms in total. The summed E-state index contributed by atoms with van der Waals surface area (Å²) in [5, 5.41) is 5.08. The Morgan fingerprint density at radius 1 is 1.21 bits per heavy atom. The van der Waals surface area contributed by atoms with E-state index < -0.39 is 5.54 Å². The van der Waals surface area contributed by atoms with E-state index in [9.17, 15) is 4.79 Å². The molecule has 0 saturated heterocycles. The predicted molar refractivity (Wildman–Crippen MR) is 130 cm³/mol. The quantitative estimate of drug-likeness (QED) is 0.496. The highest BCUT2D eigenvalue weighted by molar-refractivity contribution is 5.93. The Balaban J connectivity index is 1.55. The largest absolute Gasteiger partial charge is 0.471 e. The van der Waals surface area contributed by atoms with Crippen molar-refractivity contribution in [2.75, 3.05) is 5.32 Å². The standard InChI is InChI=1S/C26H31N5O3/c1-6-26(5,27)19-13-29-23(34-25(4)9-10-25)18-12-28-21(11-17(18)19)30-20-8-7-16-22(31-20)14(2)15(3)33-24(16)32/h7-8,11-15H,6,9-10,27H2,1-5H3,(H,28,30,31)/t14-,15-,26-/m0/s1. The molecular weight excluding hydrogens is 430 g/mol. The number of cyclic esters (lactones) is 1. The van der Waals surface area contributed by atoms with E-state index in [1.54, 1.807) is 18.3 Å². The average Bonchev–Trinajstić information content (AvgIpc) is 3.54. The minimum absolute atomic E-state index is 0.00249. The number of fused-ring (bicyclic) bond motifs is 2. The minimum Gasteiger partial charge on any atom is -0.471 e. The summed E-state index contributed by atoms with van der Waals surface area (Å²) < 4.78 is 11.6. The molecule has 0 amide bonds. The molecule has 1 fully saturated rings. The lowest BCUT2D eigenvalue weighted by Crippen LogP contribution is -2.32. The van der Waals surface area contributed by atoms with Gasteiger partial charge in [0.25, 0.3) is 0 Å². The van der Waals surface area contributed by atoms with E-state index in [0.29, 0.717) is 23.1 Å². The molecule has 3 N–H and O–H groups in total. The molecule has 8 heteroatoms. The molecule has 1 aliphatic heterocycles. The summed E-state index contributed by atoms with van der Waals surface area (Å²) in [6.07, 6.45) is 6.17. The highest BCUT2D eigenvalue weighted by Gasteiger charge is 2.41. The van der Waals surface area contributed by atoms with Gasteiger partial charge >= 0.3 is 5.97 Å². The van der Waals surface area contributed by atoms with E-state index in [0.717, 1.165) is 41.3 Å². The number of aromatic nitrogens is 3. The van der Waals surface area contributed by atoms with E-state index in [4.69, 9.17) is 20.2 Å². The Morgan fingerprint density at radius 3 is 2.68 bits per heavy atom. The number of nitrogens with one attached hydrogen (secondary N) is 1. The van der Waals surface area contributed by atoms with Crippen molar-refractivity contribution >= 4 is 28.4 Å². The fourth-order valence-electron chi connectivity index (χ4n) is 4.17. The zero-order chi connectivity index (χ0) is 24.3. The molecule has 2 aliphatic rings. The zero-order valence-electron chi connectivity index (χ0n) is 20.3. The number of rotatable bonds is 6. The normalized spacial score (nSPS) is 22.5. The summed E-state index contributed by atoms with van der Waals surface area (Å²) >= 11 is 0. The summed E-state index contributed by atoms with van der Waals surface area (Å²) in [6.45, 7) is 10.1. The molecule has 0 aromatic carbocycles. The number of ether oxygens (including phenoxy) is 2. The topological polar surface area (TPSA) is 112 Å². The van der Waals surface area contributed by atoms with Crippen molar-refractivity contribution in [3.05, 3.63) is 47.4 Å². The van der Waals surface area contributed by atoms with E-state index in [2.05, 4.69) is 29.1 Å². The van der Waals surface area contributed by atoms with Gasteiger partial charge in [0.05, 0.1) is 16.6 Å². The average molecular weight is 462 g/mol. The summed E-state index contributed by atoms with van der Waals surface area (Å²) in [7, 11) is 0. The monoisotopic (exact) mass is 461 g/mol. The first-order valence-electron chi connectivity index (χ1n) is 11.9. The van der Waals surface area contributed by atoms with Gasteiger partial charge in [-0.2, -0.15) is 0 Å². The second kappa shape index (κ2) is 7.91. The van der Waals surface area contributed by atoms with Gasteiger partial charge < -0.3 is 20.5 Å². The van der Waals surface area contributed by atoms with Crippen molar-refractivity contribution in [2.45, 2.75) is 77.0 Å². The third-order valence-corrected chi connectivity index (χ3v) is 7.21. The Hall–Kier alpha value is -3.26. The zero-order valence-corrected chi connectivity index (χ0v) is 20.3. The number of hydrogen-bond acceptors (Lipinski definition) is 8. The van der Waals surface area contributed by atoms with Crippen LogP contribution in [0.25, 0.3) is 10.8 Å². The van der Waals surface area contributed by atoms with Crippen molar-refractivity contribution < 1.29 is 14.3 Å². The fourth-order valence-corrected chi connectivity index (χ4v) is 4.17. The fraction of sp³-hybridized carbons (Fsp3) is 0.462. The van der Waals surface area contributed by atoms with Crippen molar-refractivity contribution in [1.29, 1.82) is 0 Å². The van der Waals surface area contributed by atoms with Gasteiger partial charge in [-0.1, -0.05) is 13.8 Å². The van der Waals surface area contributed by atoms with E-state index in [-0.39, 0.29) is 23.6 Å². The number of nitrogens with zero attached hydrogens (tertiary/aromatic N) is 3. The van der Waals surface area contributed by atoms with Crippen LogP contribution in [-0.4, -0.2) is 32.6 Å². The number of carbonyl (C=O) groups is 1. The Bertz CT molecular complexity index is 1280. The number of anilines is 2. The molecule has 0 unspecified atom stereocenters. The first kappa shape index (κ1) is 22.5. The lowest BCUT2D eigenvalue weighted by molar-refractivity contribution is 0.0235. The van der Waals surface area contributed by atoms with Crippen molar-refractivity contribution in [1.82, 2.24) is 15.0 Å². The molecule has 3 aromatic heterocycles. The predicted octanol–water partition coefficient (Wildman–Crippen LogP) is 4.95. The molecule has 1 aliphatic carbocycles. The molecule has 0 radical (unpaired) electrons. The number of esters is 1. The number of nitrogens with two attached hydrogens (primary N) is 1. The van der Waals surface area contributed by atoms with Crippen molar-refractivity contribution in [2.24, 2.45) is 5.73 Å². The maximum Gasteiger partial charge on any atom is 0.340 e. The van der Waals surface area contributed by atoms with Gasteiger partial charge in [-0.05, 0) is 69.2 Å². The van der Waals surface area contributed by atoms with Gasteiger partial charge in [-0.3, -0.25) is 0 Å². The number of pyridine rings is 3. The highest BCUT2D eigenvalue weighted by atomic mass is 16.5. The van der Waals surface area contributed by atoms with Crippen LogP contribution in [0.1, 0.15) is 81.4 Å². The SMILES string of the molecule is CC[C@](C)(N)c1cnc(OC2(C)CC2)c2cnc(Nc3ccc4c(n3)[C@@H](C)[C@H](C)OC4=O)cc12. The lowest BCUT2D eigenvalue weighted by Gasteiger charge is -2.27. The maximum atomic E-state index is 12.2. The minimum atomic E-state index is -0.554. The Kier molecular flexibility index (Phi) is 5.24. The Labute approximate surface area is 199 Å². The van der Waals surface area contributed by atoms with Crippen LogP contribution < -0.4 is 15.8 Å². The van der Waals surface area contributed by atoms with Gasteiger partial charge in [0.2, 0.25) is 5.88 Å². The molecule has 5 rings (SSSR count). The first-order valence-corrected chi connectivity index (χ1v) is 11.9. The third kappa shape index (κ3) is 3.96. The van der Waals surface area contributed by atoms with Crippen LogP contribution in [0, 0.1) is 0 Å². The van der Waals surface area contributed by atoms with Gasteiger partial charge in [0.1, 0.15) is 23.3 Å². The Morgan fingerprint density at radius 2 is 1.97 bits per heavy atom. The van der Waals surface area contributed by atoms with E-state index in [1.165, 1.54) is 0 Å². The molecule has 34 heavy (non-hydrogen) atoms. The van der Waals surface area contributed by atoms with Crippen LogP contribution in [-0.2, 0) is 10.3 Å². The summed E-state index contributed by atoms with van der Waals surface area (Å²) in [5.74, 6) is 1.49. The van der Waals surface area contributed by atoms with Crippen molar-refractivity contribution in [3.8, 4) is 5.88 Å². The van der Waals surface area contributed by atoms with Crippen LogP contribution in [0.2, 0.25) is 0 Å². The third-order valence-electron chi connectivity index (χ3n) is 7.21. The van der Waals surface area contributed by atoms with Gasteiger partial charge in [0.15, 0.2) is 0 Å². The second-order valence-corrected chi connectivity index (χ2v) is 10.1. The molecule has 3 aromatic rings. The molecular formula is C26H31N5O3. The van der Waals surface area contributed by atoms with Crippen LogP contribution in [0.3, 0.4) is 0 Å². The van der Waals surface area contributed by atoms with Gasteiger partial charge in [0, 0.05) is 23.9 Å². The number of hydrogen-bond donors (Lipinski definition) is 2. The van der Waals surface area contributed by atoms with Gasteiger partial charge in [-0.25, -0.2) is 19.7 Å². The van der Waals surface area contributed by atoms with Crippen LogP contribution in [0.5, 0.6) is 5.88 Å². The summed E-state index contributed by atoms with van der Waals surface area (Å²) in [6, 6.07) is 5.49. The summed E-state index contributed by atoms with van der Waals surface area (Å²) in [5.41, 5.74) is 8.10. The highest BCUT2D eigenvalue weighted by Crippen LogP contribution is 2.42. The van der Waals surface area contributed by atoms with Crippen molar-refractivity contribution in [3.63, 3.8) is 0 Å². The molecule has 178 valence electrons. The van der Waals surface area contributed by atoms with Crippen LogP contribution in [0.4, 0.5) is 11.6 Å². The molecule has 0 spiro atoms. The maximum absolute atomic E-state index is 12.2.